The van der Waals surface area contributed by atoms with Gasteiger partial charge in [0.25, 0.3) is 0 Å². The molecule has 5 atom stereocenters. The Morgan fingerprint density at radius 1 is 1.19 bits per heavy atom. The van der Waals surface area contributed by atoms with Crippen molar-refractivity contribution in [2.24, 2.45) is 11.3 Å². The lowest BCUT2D eigenvalue weighted by Crippen LogP contribution is -2.59. The highest BCUT2D eigenvalue weighted by atomic mass is 16.6. The Morgan fingerprint density at radius 2 is 1.76 bits per heavy atom. The van der Waals surface area contributed by atoms with Gasteiger partial charge in [-0.3, -0.25) is 9.59 Å². The van der Waals surface area contributed by atoms with E-state index in [0.717, 1.165) is 0 Å². The second-order valence-electron chi connectivity index (χ2n) is 6.69. The molecule has 0 amide bonds. The van der Waals surface area contributed by atoms with Gasteiger partial charge >= 0.3 is 11.9 Å². The van der Waals surface area contributed by atoms with E-state index >= 15 is 0 Å². The predicted octanol–water partition coefficient (Wildman–Crippen LogP) is 1.29. The Balaban J connectivity index is 2.93. The number of aliphatic hydroxyl groups excluding tert-OH is 1. The molecule has 0 aromatic carbocycles. The van der Waals surface area contributed by atoms with E-state index in [2.05, 4.69) is 0 Å². The lowest BCUT2D eigenvalue weighted by molar-refractivity contribution is -0.241. The van der Waals surface area contributed by atoms with Gasteiger partial charge in [-0.25, -0.2) is 0 Å². The average Bonchev–Trinajstić information content (AvgIpc) is 2.31. The van der Waals surface area contributed by atoms with Gasteiger partial charge in [-0.1, -0.05) is 27.7 Å². The molecule has 0 aliphatic carbocycles. The molecule has 0 spiro atoms. The monoisotopic (exact) mass is 302 g/mol. The number of hydrogen-bond donors (Lipinski definition) is 1. The smallest absolute Gasteiger partial charge is 0.303 e. The number of ether oxygens (including phenoxy) is 3. The summed E-state index contributed by atoms with van der Waals surface area (Å²) in [4.78, 5) is 22.2. The third-order valence-electron chi connectivity index (χ3n) is 3.69. The van der Waals surface area contributed by atoms with Crippen LogP contribution < -0.4 is 0 Å². The van der Waals surface area contributed by atoms with Crippen molar-refractivity contribution in [3.8, 4) is 0 Å². The molecule has 0 saturated carbocycles. The van der Waals surface area contributed by atoms with Gasteiger partial charge in [0.2, 0.25) is 0 Å². The van der Waals surface area contributed by atoms with E-state index < -0.39 is 36.4 Å². The summed E-state index contributed by atoms with van der Waals surface area (Å²) in [6, 6.07) is 0. The maximum atomic E-state index is 11.3. The first-order valence-electron chi connectivity index (χ1n) is 7.18. The zero-order chi connectivity index (χ0) is 16.4. The van der Waals surface area contributed by atoms with E-state index in [0.29, 0.717) is 0 Å². The van der Waals surface area contributed by atoms with Crippen LogP contribution in [-0.2, 0) is 23.8 Å². The second-order valence-corrected chi connectivity index (χ2v) is 6.69. The normalized spacial score (nSPS) is 33.4. The third kappa shape index (κ3) is 4.68. The molecular formula is C15H26O6. The van der Waals surface area contributed by atoms with Crippen molar-refractivity contribution in [3.05, 3.63) is 0 Å². The van der Waals surface area contributed by atoms with Gasteiger partial charge in [-0.2, -0.15) is 0 Å². The topological polar surface area (TPSA) is 82.1 Å². The highest BCUT2D eigenvalue weighted by Gasteiger charge is 2.49. The first kappa shape index (κ1) is 17.9. The second kappa shape index (κ2) is 6.75. The average molecular weight is 302 g/mol. The van der Waals surface area contributed by atoms with E-state index in [-0.39, 0.29) is 17.9 Å². The Kier molecular flexibility index (Phi) is 5.75. The zero-order valence-electron chi connectivity index (χ0n) is 13.6. The molecule has 1 heterocycles. The minimum absolute atomic E-state index is 0.0763. The summed E-state index contributed by atoms with van der Waals surface area (Å²) in [5.74, 6) is -1.16. The lowest BCUT2D eigenvalue weighted by Gasteiger charge is -2.47. The molecule has 1 aliphatic rings. The number of esters is 2. The van der Waals surface area contributed by atoms with E-state index in [1.165, 1.54) is 13.8 Å². The molecule has 0 aromatic heterocycles. The number of aliphatic hydroxyl groups is 1. The fraction of sp³-hybridized carbons (Fsp3) is 0.867. The molecule has 1 aliphatic heterocycles. The Bertz CT molecular complexity index is 384. The van der Waals surface area contributed by atoms with E-state index in [9.17, 15) is 14.7 Å². The molecule has 122 valence electrons. The summed E-state index contributed by atoms with van der Waals surface area (Å²) < 4.78 is 16.2. The summed E-state index contributed by atoms with van der Waals surface area (Å²) in [6.45, 7) is 10.3. The molecule has 1 saturated heterocycles. The first-order chi connectivity index (χ1) is 9.54. The van der Waals surface area contributed by atoms with Crippen molar-refractivity contribution in [1.29, 1.82) is 0 Å². The third-order valence-corrected chi connectivity index (χ3v) is 3.69. The zero-order valence-corrected chi connectivity index (χ0v) is 13.6. The van der Waals surface area contributed by atoms with Crippen molar-refractivity contribution in [3.63, 3.8) is 0 Å². The van der Waals surface area contributed by atoms with Crippen LogP contribution in [0.3, 0.4) is 0 Å². The standard InChI is InChI=1S/C15H26O6/c1-8-11(7-19-9(2)16)21-14(15(4,5)6)13(12(8)18)20-10(3)17/h8,11-14,18H,7H2,1-6H3/t8-,11?,12-,13?,14+/m0/s1. The van der Waals surface area contributed by atoms with Gasteiger partial charge in [0.05, 0.1) is 12.2 Å². The van der Waals surface area contributed by atoms with Gasteiger partial charge in [-0.15, -0.1) is 0 Å². The molecule has 0 radical (unpaired) electrons. The van der Waals surface area contributed by atoms with Crippen molar-refractivity contribution >= 4 is 11.9 Å². The summed E-state index contributed by atoms with van der Waals surface area (Å²) in [5, 5.41) is 10.5. The Hall–Kier alpha value is -1.14. The van der Waals surface area contributed by atoms with E-state index in [1.54, 1.807) is 6.92 Å². The highest BCUT2D eigenvalue weighted by Crippen LogP contribution is 2.37. The van der Waals surface area contributed by atoms with Crippen LogP contribution in [0.5, 0.6) is 0 Å². The Morgan fingerprint density at radius 3 is 2.19 bits per heavy atom. The molecule has 6 nitrogen and oxygen atoms in total. The molecule has 21 heavy (non-hydrogen) atoms. The number of carbonyl (C=O) groups excluding carboxylic acids is 2. The summed E-state index contributed by atoms with van der Waals surface area (Å²) in [5.41, 5.74) is -0.338. The van der Waals surface area contributed by atoms with E-state index in [1.807, 2.05) is 20.8 Å². The van der Waals surface area contributed by atoms with Crippen LogP contribution in [0.4, 0.5) is 0 Å². The van der Waals surface area contributed by atoms with Crippen LogP contribution in [0, 0.1) is 11.3 Å². The lowest BCUT2D eigenvalue weighted by atomic mass is 9.78. The minimum atomic E-state index is -0.868. The van der Waals surface area contributed by atoms with Crippen LogP contribution >= 0.6 is 0 Å². The molecule has 1 rings (SSSR count). The van der Waals surface area contributed by atoms with Crippen LogP contribution in [0.1, 0.15) is 41.5 Å². The molecule has 1 fully saturated rings. The summed E-state index contributed by atoms with van der Waals surface area (Å²) in [7, 11) is 0. The minimum Gasteiger partial charge on any atom is -0.463 e. The van der Waals surface area contributed by atoms with Crippen LogP contribution in [0.2, 0.25) is 0 Å². The van der Waals surface area contributed by atoms with Gasteiger partial charge in [-0.05, 0) is 5.41 Å². The molecule has 0 aromatic rings. The van der Waals surface area contributed by atoms with Crippen molar-refractivity contribution < 1.29 is 28.9 Å². The highest BCUT2D eigenvalue weighted by molar-refractivity contribution is 5.66. The quantitative estimate of drug-likeness (QED) is 0.791. The van der Waals surface area contributed by atoms with Crippen LogP contribution in [-0.4, -0.2) is 48.1 Å². The van der Waals surface area contributed by atoms with Crippen molar-refractivity contribution in [1.82, 2.24) is 0 Å². The predicted molar refractivity (Wildman–Crippen MR) is 75.5 cm³/mol. The van der Waals surface area contributed by atoms with Crippen molar-refractivity contribution in [2.45, 2.75) is 66.0 Å². The number of rotatable bonds is 3. The first-order valence-corrected chi connectivity index (χ1v) is 7.18. The molecule has 0 bridgehead atoms. The van der Waals surface area contributed by atoms with Gasteiger partial charge in [0.1, 0.15) is 12.7 Å². The van der Waals surface area contributed by atoms with Gasteiger partial charge in [0, 0.05) is 19.8 Å². The number of hydrogen-bond acceptors (Lipinski definition) is 6. The van der Waals surface area contributed by atoms with E-state index in [4.69, 9.17) is 14.2 Å². The van der Waals surface area contributed by atoms with Crippen LogP contribution in [0.15, 0.2) is 0 Å². The maximum absolute atomic E-state index is 11.3. The van der Waals surface area contributed by atoms with Crippen molar-refractivity contribution in [2.75, 3.05) is 6.61 Å². The van der Waals surface area contributed by atoms with Gasteiger partial charge < -0.3 is 19.3 Å². The Labute approximate surface area is 125 Å². The molecule has 1 N–H and O–H groups in total. The molecular weight excluding hydrogens is 276 g/mol. The largest absolute Gasteiger partial charge is 0.463 e. The SMILES string of the molecule is CC(=O)OCC1O[C@@H](C(C)(C)C)C(OC(C)=O)[C@@H](O)[C@H]1C. The number of carbonyl (C=O) groups is 2. The maximum Gasteiger partial charge on any atom is 0.303 e. The molecule has 6 heteroatoms. The molecule has 2 unspecified atom stereocenters. The van der Waals surface area contributed by atoms with Gasteiger partial charge in [0.15, 0.2) is 6.10 Å². The summed E-state index contributed by atoms with van der Waals surface area (Å²) in [6.07, 6.45) is -2.51. The van der Waals surface area contributed by atoms with Crippen LogP contribution in [0.25, 0.3) is 0 Å². The summed E-state index contributed by atoms with van der Waals surface area (Å²) >= 11 is 0. The fourth-order valence-corrected chi connectivity index (χ4v) is 2.50. The fourth-order valence-electron chi connectivity index (χ4n) is 2.50.